The fraction of sp³-hybridized carbons (Fsp3) is 0.667. The molecule has 0 saturated heterocycles. The van der Waals surface area contributed by atoms with Crippen LogP contribution in [0.25, 0.3) is 0 Å². The van der Waals surface area contributed by atoms with Crippen LogP contribution in [-0.4, -0.2) is 32.9 Å². The lowest BCUT2D eigenvalue weighted by Gasteiger charge is -2.33. The number of carbonyl (C=O) groups excluding carboxylic acids is 1. The molecule has 0 fully saturated rings. The molecule has 5 nitrogen and oxygen atoms in total. The molecule has 18 heavy (non-hydrogen) atoms. The number of hydrogen-bond donors (Lipinski definition) is 0. The van der Waals surface area contributed by atoms with Gasteiger partial charge in [0.2, 0.25) is 0 Å². The van der Waals surface area contributed by atoms with E-state index in [0.717, 1.165) is 10.3 Å². The van der Waals surface area contributed by atoms with Gasteiger partial charge in [-0.15, -0.1) is 0 Å². The van der Waals surface area contributed by atoms with Crippen LogP contribution in [0.15, 0.2) is 10.7 Å². The van der Waals surface area contributed by atoms with Crippen LogP contribution in [0, 0.1) is 0 Å². The maximum absolute atomic E-state index is 12.0. The van der Waals surface area contributed by atoms with Crippen molar-refractivity contribution in [3.63, 3.8) is 0 Å². The van der Waals surface area contributed by atoms with Crippen molar-refractivity contribution >= 4 is 22.0 Å². The number of amides is 1. The van der Waals surface area contributed by atoms with Crippen molar-refractivity contribution in [3.8, 4) is 0 Å². The molecule has 2 rings (SSSR count). The zero-order valence-corrected chi connectivity index (χ0v) is 12.7. The lowest BCUT2D eigenvalue weighted by atomic mass is 10.2. The summed E-state index contributed by atoms with van der Waals surface area (Å²) >= 11 is 3.36. The van der Waals surface area contributed by atoms with E-state index in [1.165, 1.54) is 0 Å². The molecule has 0 unspecified atom stereocenters. The number of fused-ring (bicyclic) bond motifs is 1. The quantitative estimate of drug-likeness (QED) is 0.739. The van der Waals surface area contributed by atoms with Crippen LogP contribution in [0.4, 0.5) is 4.79 Å². The molecule has 0 N–H and O–H groups in total. The first-order valence-corrected chi connectivity index (χ1v) is 6.77. The summed E-state index contributed by atoms with van der Waals surface area (Å²) < 4.78 is 8.14. The Morgan fingerprint density at radius 2 is 2.22 bits per heavy atom. The number of aromatic nitrogens is 2. The van der Waals surface area contributed by atoms with Gasteiger partial charge < -0.3 is 9.64 Å². The molecule has 0 saturated carbocycles. The molecule has 0 aliphatic carbocycles. The van der Waals surface area contributed by atoms with Crippen molar-refractivity contribution < 1.29 is 9.53 Å². The Labute approximate surface area is 115 Å². The normalized spacial score (nSPS) is 19.6. The molecule has 6 heteroatoms. The summed E-state index contributed by atoms with van der Waals surface area (Å²) in [7, 11) is 0. The van der Waals surface area contributed by atoms with Crippen LogP contribution in [0.5, 0.6) is 0 Å². The summed E-state index contributed by atoms with van der Waals surface area (Å²) in [6, 6.07) is 2.10. The molecule has 1 aromatic rings. The first-order chi connectivity index (χ1) is 8.26. The second kappa shape index (κ2) is 4.57. The fourth-order valence-corrected chi connectivity index (χ4v) is 2.46. The Balaban J connectivity index is 2.13. The first kappa shape index (κ1) is 13.4. The predicted molar refractivity (Wildman–Crippen MR) is 71.3 cm³/mol. The summed E-state index contributed by atoms with van der Waals surface area (Å²) in [5, 5.41) is 4.36. The highest BCUT2D eigenvalue weighted by atomic mass is 79.9. The Morgan fingerprint density at radius 3 is 2.83 bits per heavy atom. The van der Waals surface area contributed by atoms with Gasteiger partial charge in [0.1, 0.15) is 10.2 Å². The highest BCUT2D eigenvalue weighted by molar-refractivity contribution is 9.10. The maximum Gasteiger partial charge on any atom is 0.410 e. The zero-order chi connectivity index (χ0) is 13.5. The molecule has 0 bridgehead atoms. The van der Waals surface area contributed by atoms with E-state index in [-0.39, 0.29) is 12.1 Å². The van der Waals surface area contributed by atoms with Gasteiger partial charge in [0.25, 0.3) is 0 Å². The number of nitrogens with zero attached hydrogens (tertiary/aromatic N) is 3. The smallest absolute Gasteiger partial charge is 0.410 e. The molecule has 0 aromatic carbocycles. The Kier molecular flexibility index (Phi) is 3.40. The third kappa shape index (κ3) is 2.85. The molecule has 0 spiro atoms. The average Bonchev–Trinajstić information content (AvgIpc) is 2.56. The molecule has 1 aromatic heterocycles. The van der Waals surface area contributed by atoms with Gasteiger partial charge in [0, 0.05) is 6.54 Å². The average molecular weight is 316 g/mol. The van der Waals surface area contributed by atoms with E-state index in [2.05, 4.69) is 21.0 Å². The summed E-state index contributed by atoms with van der Waals surface area (Å²) in [5.41, 5.74) is 0.560. The molecular weight excluding hydrogens is 298 g/mol. The highest BCUT2D eigenvalue weighted by Crippen LogP contribution is 2.24. The lowest BCUT2D eigenvalue weighted by molar-refractivity contribution is 0.0166. The van der Waals surface area contributed by atoms with Gasteiger partial charge in [-0.3, -0.25) is 4.68 Å². The van der Waals surface area contributed by atoms with E-state index < -0.39 is 5.60 Å². The van der Waals surface area contributed by atoms with Crippen LogP contribution >= 0.6 is 15.9 Å². The number of rotatable bonds is 0. The Bertz CT molecular complexity index is 464. The number of halogens is 1. The number of carbonyl (C=O) groups is 1. The van der Waals surface area contributed by atoms with Crippen LogP contribution in [0.2, 0.25) is 0 Å². The third-order valence-electron chi connectivity index (χ3n) is 2.69. The van der Waals surface area contributed by atoms with E-state index in [0.29, 0.717) is 13.1 Å². The van der Waals surface area contributed by atoms with Gasteiger partial charge in [-0.25, -0.2) is 4.79 Å². The topological polar surface area (TPSA) is 47.4 Å². The Hall–Kier alpha value is -1.04. The minimum Gasteiger partial charge on any atom is -0.444 e. The summed E-state index contributed by atoms with van der Waals surface area (Å²) in [5.74, 6) is 0. The third-order valence-corrected chi connectivity index (χ3v) is 3.08. The van der Waals surface area contributed by atoms with Crippen LogP contribution in [-0.2, 0) is 11.3 Å². The standard InChI is InChI=1S/C12H18BrN3O2/c1-8-6-15(11(17)18-12(2,3)4)7-9-5-10(13)14-16(8)9/h5,8H,6-7H2,1-4H3/t8-/m0/s1. The molecule has 1 atom stereocenters. The van der Waals surface area contributed by atoms with Gasteiger partial charge in [-0.2, -0.15) is 5.10 Å². The lowest BCUT2D eigenvalue weighted by Crippen LogP contribution is -2.43. The largest absolute Gasteiger partial charge is 0.444 e. The second-order valence-corrected chi connectivity index (χ2v) is 6.43. The second-order valence-electron chi connectivity index (χ2n) is 5.61. The molecule has 1 aliphatic rings. The maximum atomic E-state index is 12.0. The monoisotopic (exact) mass is 315 g/mol. The minimum absolute atomic E-state index is 0.160. The van der Waals surface area contributed by atoms with E-state index in [9.17, 15) is 4.79 Å². The van der Waals surface area contributed by atoms with E-state index in [1.54, 1.807) is 4.90 Å². The molecule has 2 heterocycles. The van der Waals surface area contributed by atoms with Gasteiger partial charge in [0.05, 0.1) is 18.3 Å². The van der Waals surface area contributed by atoms with Crippen molar-refractivity contribution in [2.24, 2.45) is 0 Å². The van der Waals surface area contributed by atoms with Crippen molar-refractivity contribution in [1.82, 2.24) is 14.7 Å². The molecule has 1 amide bonds. The zero-order valence-electron chi connectivity index (χ0n) is 11.1. The van der Waals surface area contributed by atoms with Crippen molar-refractivity contribution in [1.29, 1.82) is 0 Å². The number of hydrogen-bond acceptors (Lipinski definition) is 3. The van der Waals surface area contributed by atoms with Crippen LogP contribution in [0.1, 0.15) is 39.4 Å². The molecular formula is C12H18BrN3O2. The van der Waals surface area contributed by atoms with Gasteiger partial charge in [0.15, 0.2) is 0 Å². The summed E-state index contributed by atoms with van der Waals surface area (Å²) in [4.78, 5) is 13.8. The summed E-state index contributed by atoms with van der Waals surface area (Å²) in [6.07, 6.45) is -0.266. The van der Waals surface area contributed by atoms with Crippen molar-refractivity contribution in [2.45, 2.75) is 45.9 Å². The van der Waals surface area contributed by atoms with E-state index >= 15 is 0 Å². The fourth-order valence-electron chi connectivity index (χ4n) is 2.02. The van der Waals surface area contributed by atoms with E-state index in [1.807, 2.05) is 38.4 Å². The molecule has 100 valence electrons. The van der Waals surface area contributed by atoms with Crippen molar-refractivity contribution in [3.05, 3.63) is 16.4 Å². The van der Waals surface area contributed by atoms with E-state index in [4.69, 9.17) is 4.74 Å². The van der Waals surface area contributed by atoms with Crippen molar-refractivity contribution in [2.75, 3.05) is 6.54 Å². The molecule has 1 aliphatic heterocycles. The van der Waals surface area contributed by atoms with Gasteiger partial charge in [-0.1, -0.05) is 0 Å². The van der Waals surface area contributed by atoms with Gasteiger partial charge in [-0.05, 0) is 49.7 Å². The van der Waals surface area contributed by atoms with Crippen LogP contribution in [0.3, 0.4) is 0 Å². The Morgan fingerprint density at radius 1 is 1.56 bits per heavy atom. The van der Waals surface area contributed by atoms with Gasteiger partial charge >= 0.3 is 6.09 Å². The highest BCUT2D eigenvalue weighted by Gasteiger charge is 2.29. The first-order valence-electron chi connectivity index (χ1n) is 5.98. The minimum atomic E-state index is -0.460. The number of ether oxygens (including phenoxy) is 1. The SMILES string of the molecule is C[C@H]1CN(C(=O)OC(C)(C)C)Cc2cc(Br)nn21. The van der Waals surface area contributed by atoms with Crippen LogP contribution < -0.4 is 0 Å². The molecule has 0 radical (unpaired) electrons. The predicted octanol–water partition coefficient (Wildman–Crippen LogP) is 2.96. The summed E-state index contributed by atoms with van der Waals surface area (Å²) in [6.45, 7) is 8.82.